The maximum atomic E-state index is 13.7. The smallest absolute Gasteiger partial charge is 0.127 e. The van der Waals surface area contributed by atoms with Crippen LogP contribution in [0.15, 0.2) is 18.2 Å². The predicted molar refractivity (Wildman–Crippen MR) is 85.1 cm³/mol. The summed E-state index contributed by atoms with van der Waals surface area (Å²) in [5.41, 5.74) is 0.957. The summed E-state index contributed by atoms with van der Waals surface area (Å²) in [7, 11) is 0. The molecule has 0 bridgehead atoms. The van der Waals surface area contributed by atoms with Crippen molar-refractivity contribution in [3.05, 3.63) is 29.6 Å². The van der Waals surface area contributed by atoms with Gasteiger partial charge in [0, 0.05) is 18.2 Å². The fourth-order valence-electron chi connectivity index (χ4n) is 2.74. The van der Waals surface area contributed by atoms with Crippen LogP contribution in [0.2, 0.25) is 0 Å². The highest BCUT2D eigenvalue weighted by atomic mass is 19.1. The number of rotatable bonds is 5. The number of nitrogens with one attached hydrogen (secondary N) is 1. The van der Waals surface area contributed by atoms with E-state index in [1.807, 2.05) is 6.07 Å². The second kappa shape index (κ2) is 7.26. The second-order valence-corrected chi connectivity index (χ2v) is 7.21. The van der Waals surface area contributed by atoms with E-state index in [0.717, 1.165) is 12.2 Å². The quantitative estimate of drug-likeness (QED) is 0.851. The molecule has 118 valence electrons. The zero-order chi connectivity index (χ0) is 15.3. The Hall–Kier alpha value is -1.09. The lowest BCUT2D eigenvalue weighted by Crippen LogP contribution is -2.35. The minimum absolute atomic E-state index is 0.0232. The molecule has 0 heterocycles. The second-order valence-electron chi connectivity index (χ2n) is 7.21. The molecule has 1 aromatic rings. The molecular formula is C18H28FNO. The van der Waals surface area contributed by atoms with Crippen LogP contribution < -0.4 is 10.1 Å². The maximum Gasteiger partial charge on any atom is 0.127 e. The van der Waals surface area contributed by atoms with Crippen LogP contribution in [0, 0.1) is 11.7 Å². The van der Waals surface area contributed by atoms with E-state index >= 15 is 0 Å². The van der Waals surface area contributed by atoms with Gasteiger partial charge in [-0.2, -0.15) is 0 Å². The lowest BCUT2D eigenvalue weighted by molar-refractivity contribution is 0.208. The molecule has 3 heteroatoms. The van der Waals surface area contributed by atoms with Gasteiger partial charge in [-0.1, -0.05) is 19.3 Å². The summed E-state index contributed by atoms with van der Waals surface area (Å²) in [5.74, 6) is 1.08. The minimum atomic E-state index is -0.221. The standard InChI is InChI=1S/C18H28FNO/c1-18(2,3)20-12-15-9-16(19)11-17(10-15)21-13-14-7-5-4-6-8-14/h9-11,14,20H,4-8,12-13H2,1-3H3. The van der Waals surface area contributed by atoms with E-state index in [9.17, 15) is 4.39 Å². The van der Waals surface area contributed by atoms with Crippen LogP contribution in [-0.2, 0) is 6.54 Å². The van der Waals surface area contributed by atoms with Crippen LogP contribution in [0.25, 0.3) is 0 Å². The molecule has 0 aliphatic heterocycles. The first kappa shape index (κ1) is 16.3. The highest BCUT2D eigenvalue weighted by molar-refractivity contribution is 5.29. The minimum Gasteiger partial charge on any atom is -0.493 e. The highest BCUT2D eigenvalue weighted by Gasteiger charge is 2.14. The molecule has 1 aliphatic rings. The van der Waals surface area contributed by atoms with Crippen LogP contribution in [0.5, 0.6) is 5.75 Å². The molecule has 1 aromatic carbocycles. The molecule has 2 nitrogen and oxygen atoms in total. The van der Waals surface area contributed by atoms with Gasteiger partial charge in [-0.05, 0) is 57.2 Å². The third kappa shape index (κ3) is 6.04. The van der Waals surface area contributed by atoms with Crippen molar-refractivity contribution in [3.8, 4) is 5.75 Å². The molecule has 0 unspecified atom stereocenters. The molecule has 0 atom stereocenters. The van der Waals surface area contributed by atoms with Crippen molar-refractivity contribution < 1.29 is 9.13 Å². The van der Waals surface area contributed by atoms with E-state index < -0.39 is 0 Å². The molecule has 0 spiro atoms. The van der Waals surface area contributed by atoms with E-state index in [-0.39, 0.29) is 11.4 Å². The average Bonchev–Trinajstić information content (AvgIpc) is 2.43. The van der Waals surface area contributed by atoms with Crippen molar-refractivity contribution in [3.63, 3.8) is 0 Å². The molecule has 0 aromatic heterocycles. The number of hydrogen-bond acceptors (Lipinski definition) is 2. The Morgan fingerprint density at radius 1 is 1.14 bits per heavy atom. The Morgan fingerprint density at radius 2 is 1.86 bits per heavy atom. The van der Waals surface area contributed by atoms with Crippen LogP contribution in [0.1, 0.15) is 58.4 Å². The fraction of sp³-hybridized carbons (Fsp3) is 0.667. The van der Waals surface area contributed by atoms with E-state index in [0.29, 0.717) is 18.2 Å². The summed E-state index contributed by atoms with van der Waals surface area (Å²) in [5, 5.41) is 3.38. The van der Waals surface area contributed by atoms with Gasteiger partial charge in [0.05, 0.1) is 6.61 Å². The first-order chi connectivity index (χ1) is 9.92. The zero-order valence-corrected chi connectivity index (χ0v) is 13.5. The third-order valence-electron chi connectivity index (χ3n) is 3.96. The SMILES string of the molecule is CC(C)(C)NCc1cc(F)cc(OCC2CCCCC2)c1. The normalized spacial score (nSPS) is 17.0. The zero-order valence-electron chi connectivity index (χ0n) is 13.5. The maximum absolute atomic E-state index is 13.7. The van der Waals surface area contributed by atoms with Crippen molar-refractivity contribution in [1.29, 1.82) is 0 Å². The van der Waals surface area contributed by atoms with Gasteiger partial charge in [0.1, 0.15) is 11.6 Å². The van der Waals surface area contributed by atoms with Crippen LogP contribution in [0.3, 0.4) is 0 Å². The first-order valence-corrected chi connectivity index (χ1v) is 8.10. The van der Waals surface area contributed by atoms with Gasteiger partial charge in [-0.3, -0.25) is 0 Å². The van der Waals surface area contributed by atoms with Gasteiger partial charge in [0.25, 0.3) is 0 Å². The highest BCUT2D eigenvalue weighted by Crippen LogP contribution is 2.25. The summed E-state index contributed by atoms with van der Waals surface area (Å²) >= 11 is 0. The van der Waals surface area contributed by atoms with Crippen molar-refractivity contribution in [1.82, 2.24) is 5.32 Å². The van der Waals surface area contributed by atoms with Gasteiger partial charge in [0.15, 0.2) is 0 Å². The molecule has 1 N–H and O–H groups in total. The Bertz CT molecular complexity index is 447. The summed E-state index contributed by atoms with van der Waals surface area (Å²) in [6.45, 7) is 7.68. The van der Waals surface area contributed by atoms with E-state index in [1.165, 1.54) is 38.2 Å². The van der Waals surface area contributed by atoms with Crippen molar-refractivity contribution in [2.75, 3.05) is 6.61 Å². The summed E-state index contributed by atoms with van der Waals surface area (Å²) in [6.07, 6.45) is 6.44. The number of hydrogen-bond donors (Lipinski definition) is 1. The molecule has 1 saturated carbocycles. The topological polar surface area (TPSA) is 21.3 Å². The molecule has 0 amide bonds. The molecular weight excluding hydrogens is 265 g/mol. The average molecular weight is 293 g/mol. The van der Waals surface area contributed by atoms with E-state index in [4.69, 9.17) is 4.74 Å². The summed E-state index contributed by atoms with van der Waals surface area (Å²) in [6, 6.07) is 5.01. The monoisotopic (exact) mass is 293 g/mol. The van der Waals surface area contributed by atoms with Crippen molar-refractivity contribution in [2.24, 2.45) is 5.92 Å². The number of ether oxygens (including phenoxy) is 1. The molecule has 1 aliphatic carbocycles. The lowest BCUT2D eigenvalue weighted by Gasteiger charge is -2.22. The van der Waals surface area contributed by atoms with Gasteiger partial charge >= 0.3 is 0 Å². The Morgan fingerprint density at radius 3 is 2.52 bits per heavy atom. The molecule has 2 rings (SSSR count). The van der Waals surface area contributed by atoms with Gasteiger partial charge in [-0.15, -0.1) is 0 Å². The molecule has 0 saturated heterocycles. The third-order valence-corrected chi connectivity index (χ3v) is 3.96. The van der Waals surface area contributed by atoms with Gasteiger partial charge < -0.3 is 10.1 Å². The van der Waals surface area contributed by atoms with Crippen LogP contribution in [0.4, 0.5) is 4.39 Å². The summed E-state index contributed by atoms with van der Waals surface area (Å²) in [4.78, 5) is 0. The number of halogens is 1. The van der Waals surface area contributed by atoms with Crippen LogP contribution in [-0.4, -0.2) is 12.1 Å². The number of benzene rings is 1. The Kier molecular flexibility index (Phi) is 5.63. The Balaban J connectivity index is 1.91. The molecule has 21 heavy (non-hydrogen) atoms. The van der Waals surface area contributed by atoms with Gasteiger partial charge in [0.2, 0.25) is 0 Å². The molecule has 0 radical (unpaired) electrons. The van der Waals surface area contributed by atoms with Gasteiger partial charge in [-0.25, -0.2) is 4.39 Å². The van der Waals surface area contributed by atoms with E-state index in [2.05, 4.69) is 26.1 Å². The first-order valence-electron chi connectivity index (χ1n) is 8.10. The summed E-state index contributed by atoms with van der Waals surface area (Å²) < 4.78 is 19.5. The molecule has 1 fully saturated rings. The van der Waals surface area contributed by atoms with Crippen molar-refractivity contribution in [2.45, 2.75) is 65.0 Å². The van der Waals surface area contributed by atoms with E-state index in [1.54, 1.807) is 6.07 Å². The fourth-order valence-corrected chi connectivity index (χ4v) is 2.74. The van der Waals surface area contributed by atoms with Crippen LogP contribution >= 0.6 is 0 Å². The Labute approximate surface area is 128 Å². The largest absolute Gasteiger partial charge is 0.493 e. The predicted octanol–water partition coefficient (Wildman–Crippen LogP) is 4.67. The lowest BCUT2D eigenvalue weighted by atomic mass is 9.90. The van der Waals surface area contributed by atoms with Crippen molar-refractivity contribution >= 4 is 0 Å².